The lowest BCUT2D eigenvalue weighted by Gasteiger charge is -2.34. The lowest BCUT2D eigenvalue weighted by atomic mass is 10.1. The van der Waals surface area contributed by atoms with Gasteiger partial charge in [-0.15, -0.1) is 0 Å². The van der Waals surface area contributed by atoms with Gasteiger partial charge in [-0.3, -0.25) is 20.0 Å². The van der Waals surface area contributed by atoms with Crippen LogP contribution in [0.25, 0.3) is 10.9 Å². The number of nitro groups is 1. The molecule has 1 aliphatic rings. The number of nitrogens with zero attached hydrogens (tertiary/aromatic N) is 4. The number of piperazine rings is 1. The van der Waals surface area contributed by atoms with Crippen molar-refractivity contribution in [3.05, 3.63) is 75.5 Å². The quantitative estimate of drug-likeness (QED) is 0.446. The summed E-state index contributed by atoms with van der Waals surface area (Å²) in [7, 11) is -3.81. The van der Waals surface area contributed by atoms with Crippen LogP contribution in [-0.4, -0.2) is 53.7 Å². The first-order valence-corrected chi connectivity index (χ1v) is 11.5. The van der Waals surface area contributed by atoms with Gasteiger partial charge >= 0.3 is 0 Å². The summed E-state index contributed by atoms with van der Waals surface area (Å²) in [6, 6.07) is 12.6. The fraction of sp³-hybridized carbons (Fsp3) is 0.318. The highest BCUT2D eigenvalue weighted by atomic mass is 32.2. The molecule has 1 aromatic heterocycles. The molecule has 8 nitrogen and oxygen atoms in total. The summed E-state index contributed by atoms with van der Waals surface area (Å²) in [6.07, 6.45) is 1.78. The van der Waals surface area contributed by atoms with Crippen molar-refractivity contribution in [2.45, 2.75) is 25.3 Å². The molecule has 162 valence electrons. The number of non-ortho nitro benzene ring substituents is 1. The predicted octanol–water partition coefficient (Wildman–Crippen LogP) is 3.27. The molecule has 1 aliphatic heterocycles. The molecule has 0 bridgehead atoms. The van der Waals surface area contributed by atoms with E-state index in [-0.39, 0.29) is 10.6 Å². The highest BCUT2D eigenvalue weighted by Gasteiger charge is 2.31. The fourth-order valence-corrected chi connectivity index (χ4v) is 5.72. The second-order valence-corrected chi connectivity index (χ2v) is 9.72. The van der Waals surface area contributed by atoms with E-state index in [0.717, 1.165) is 16.5 Å². The van der Waals surface area contributed by atoms with E-state index < -0.39 is 14.9 Å². The summed E-state index contributed by atoms with van der Waals surface area (Å²) < 4.78 is 27.9. The van der Waals surface area contributed by atoms with Gasteiger partial charge in [0.2, 0.25) is 10.0 Å². The van der Waals surface area contributed by atoms with Crippen LogP contribution in [0.5, 0.6) is 0 Å². The molecule has 3 aromatic rings. The fourth-order valence-electron chi connectivity index (χ4n) is 3.98. The molecule has 0 amide bonds. The molecule has 2 heterocycles. The minimum atomic E-state index is -3.81. The molecule has 2 aromatic carbocycles. The first kappa shape index (κ1) is 21.4. The first-order valence-electron chi connectivity index (χ1n) is 10.1. The number of hydrogen-bond acceptors (Lipinski definition) is 6. The lowest BCUT2D eigenvalue weighted by Crippen LogP contribution is -2.48. The Bertz CT molecular complexity index is 1250. The van der Waals surface area contributed by atoms with Gasteiger partial charge in [-0.1, -0.05) is 24.3 Å². The minimum absolute atomic E-state index is 0.0194. The largest absolute Gasteiger partial charge is 0.296 e. The number of benzene rings is 2. The van der Waals surface area contributed by atoms with E-state index in [1.54, 1.807) is 20.0 Å². The van der Waals surface area contributed by atoms with Crippen LogP contribution in [0.3, 0.4) is 0 Å². The Morgan fingerprint density at radius 3 is 2.48 bits per heavy atom. The highest BCUT2D eigenvalue weighted by Crippen LogP contribution is 2.28. The van der Waals surface area contributed by atoms with Crippen molar-refractivity contribution in [1.29, 1.82) is 0 Å². The molecule has 31 heavy (non-hydrogen) atoms. The number of aryl methyl sites for hydroxylation is 1. The van der Waals surface area contributed by atoms with Gasteiger partial charge in [-0.05, 0) is 36.6 Å². The minimum Gasteiger partial charge on any atom is -0.296 e. The molecule has 0 saturated carbocycles. The summed E-state index contributed by atoms with van der Waals surface area (Å²) in [4.78, 5) is 17.4. The molecule has 0 N–H and O–H groups in total. The van der Waals surface area contributed by atoms with Gasteiger partial charge in [0.15, 0.2) is 0 Å². The topological polar surface area (TPSA) is 96.6 Å². The molecular formula is C22H24N4O4S. The standard InChI is InChI=1S/C22H24N4O4S/c1-16-13-20(26(27)28)14-21(17(16)2)31(29,30)25-11-9-24(10-12-25)15-19-6-3-5-18-7-4-8-23-22(18)19/h3-8,13-14H,9-12,15H2,1-2H3. The van der Waals surface area contributed by atoms with Gasteiger partial charge in [-0.25, -0.2) is 8.42 Å². The Kier molecular flexibility index (Phi) is 5.74. The van der Waals surface area contributed by atoms with E-state index in [9.17, 15) is 18.5 Å². The second-order valence-electron chi connectivity index (χ2n) is 7.82. The highest BCUT2D eigenvalue weighted by molar-refractivity contribution is 7.89. The number of para-hydroxylation sites is 1. The van der Waals surface area contributed by atoms with Crippen LogP contribution in [0.2, 0.25) is 0 Å². The van der Waals surface area contributed by atoms with Gasteiger partial charge in [0, 0.05) is 56.4 Å². The maximum Gasteiger partial charge on any atom is 0.271 e. The molecule has 0 radical (unpaired) electrons. The number of hydrogen-bond donors (Lipinski definition) is 0. The van der Waals surface area contributed by atoms with Crippen LogP contribution in [-0.2, 0) is 16.6 Å². The number of rotatable bonds is 5. The Labute approximate surface area is 181 Å². The average Bonchev–Trinajstić information content (AvgIpc) is 2.76. The predicted molar refractivity (Wildman–Crippen MR) is 118 cm³/mol. The number of pyridine rings is 1. The van der Waals surface area contributed by atoms with Crippen molar-refractivity contribution in [2.75, 3.05) is 26.2 Å². The van der Waals surface area contributed by atoms with Crippen LogP contribution in [0.15, 0.2) is 53.6 Å². The van der Waals surface area contributed by atoms with Crippen molar-refractivity contribution in [3.63, 3.8) is 0 Å². The third-order valence-electron chi connectivity index (χ3n) is 5.87. The van der Waals surface area contributed by atoms with Crippen LogP contribution in [0.4, 0.5) is 5.69 Å². The van der Waals surface area contributed by atoms with Crippen LogP contribution >= 0.6 is 0 Å². The average molecular weight is 441 g/mol. The Hall–Kier alpha value is -2.88. The van der Waals surface area contributed by atoms with E-state index in [4.69, 9.17) is 0 Å². The Balaban J connectivity index is 1.51. The van der Waals surface area contributed by atoms with E-state index >= 15 is 0 Å². The molecule has 0 aliphatic carbocycles. The Morgan fingerprint density at radius 1 is 1.06 bits per heavy atom. The number of aromatic nitrogens is 1. The Morgan fingerprint density at radius 2 is 1.77 bits per heavy atom. The summed E-state index contributed by atoms with van der Waals surface area (Å²) in [5.41, 5.74) is 3.01. The van der Waals surface area contributed by atoms with Crippen LogP contribution in [0, 0.1) is 24.0 Å². The van der Waals surface area contributed by atoms with E-state index in [1.807, 2.05) is 30.3 Å². The van der Waals surface area contributed by atoms with Crippen LogP contribution < -0.4 is 0 Å². The second kappa shape index (κ2) is 8.33. The zero-order valence-electron chi connectivity index (χ0n) is 17.5. The molecule has 4 rings (SSSR count). The molecule has 0 spiro atoms. The maximum absolute atomic E-state index is 13.2. The smallest absolute Gasteiger partial charge is 0.271 e. The summed E-state index contributed by atoms with van der Waals surface area (Å²) >= 11 is 0. The van der Waals surface area contributed by atoms with Crippen molar-refractivity contribution in [3.8, 4) is 0 Å². The van der Waals surface area contributed by atoms with E-state index in [0.29, 0.717) is 43.9 Å². The van der Waals surface area contributed by atoms with Crippen molar-refractivity contribution in [2.24, 2.45) is 0 Å². The third kappa shape index (κ3) is 4.16. The molecule has 0 atom stereocenters. The molecule has 0 unspecified atom stereocenters. The summed E-state index contributed by atoms with van der Waals surface area (Å²) in [5, 5.41) is 12.3. The zero-order chi connectivity index (χ0) is 22.2. The lowest BCUT2D eigenvalue weighted by molar-refractivity contribution is -0.385. The molecule has 1 fully saturated rings. The molecular weight excluding hydrogens is 416 g/mol. The summed E-state index contributed by atoms with van der Waals surface area (Å²) in [6.45, 7) is 5.90. The van der Waals surface area contributed by atoms with Crippen molar-refractivity contribution < 1.29 is 13.3 Å². The van der Waals surface area contributed by atoms with Gasteiger partial charge in [-0.2, -0.15) is 4.31 Å². The molecule has 1 saturated heterocycles. The van der Waals surface area contributed by atoms with E-state index in [2.05, 4.69) is 9.88 Å². The first-order chi connectivity index (χ1) is 14.8. The van der Waals surface area contributed by atoms with Crippen molar-refractivity contribution >= 4 is 26.6 Å². The SMILES string of the molecule is Cc1cc([N+](=O)[O-])cc(S(=O)(=O)N2CCN(Cc3cccc4cccnc34)CC2)c1C. The summed E-state index contributed by atoms with van der Waals surface area (Å²) in [5.74, 6) is 0. The van der Waals surface area contributed by atoms with Gasteiger partial charge < -0.3 is 0 Å². The van der Waals surface area contributed by atoms with Gasteiger partial charge in [0.05, 0.1) is 15.3 Å². The van der Waals surface area contributed by atoms with Gasteiger partial charge in [0.1, 0.15) is 0 Å². The van der Waals surface area contributed by atoms with Crippen LogP contribution in [0.1, 0.15) is 16.7 Å². The van der Waals surface area contributed by atoms with Gasteiger partial charge in [0.25, 0.3) is 5.69 Å². The zero-order valence-corrected chi connectivity index (χ0v) is 18.3. The number of fused-ring (bicyclic) bond motifs is 1. The maximum atomic E-state index is 13.2. The van der Waals surface area contributed by atoms with Crippen molar-refractivity contribution in [1.82, 2.24) is 14.2 Å². The normalized spacial score (nSPS) is 15.9. The number of sulfonamides is 1. The monoisotopic (exact) mass is 440 g/mol. The number of nitro benzene ring substituents is 1. The molecule has 9 heteroatoms. The third-order valence-corrected chi connectivity index (χ3v) is 7.90. The van der Waals surface area contributed by atoms with E-state index in [1.165, 1.54) is 16.4 Å².